The zero-order valence-electron chi connectivity index (χ0n) is 17.2. The Hall–Kier alpha value is -3.16. The van der Waals surface area contributed by atoms with Crippen LogP contribution in [0.5, 0.6) is 0 Å². The van der Waals surface area contributed by atoms with E-state index in [-0.39, 0.29) is 12.1 Å². The molecule has 6 nitrogen and oxygen atoms in total. The van der Waals surface area contributed by atoms with Crippen LogP contribution >= 0.6 is 11.6 Å². The first-order valence-corrected chi connectivity index (χ1v) is 12.1. The molecule has 32 heavy (non-hydrogen) atoms. The van der Waals surface area contributed by atoms with E-state index in [1.165, 1.54) is 4.90 Å². The Morgan fingerprint density at radius 3 is 2.44 bits per heavy atom. The Kier molecular flexibility index (Phi) is 4.65. The van der Waals surface area contributed by atoms with Crippen LogP contribution in [0.4, 0.5) is 11.4 Å². The SMILES string of the molecule is Cc1cccc(N2C(=O)CS(=O)(=O)[C@]23C(=O)N(Cc2ccccc2Cl)c2ccccc23)c1. The van der Waals surface area contributed by atoms with Gasteiger partial charge in [-0.15, -0.1) is 0 Å². The van der Waals surface area contributed by atoms with E-state index in [2.05, 4.69) is 0 Å². The number of benzene rings is 3. The minimum atomic E-state index is -4.19. The molecule has 3 aromatic carbocycles. The summed E-state index contributed by atoms with van der Waals surface area (Å²) in [6, 6.07) is 20.8. The highest BCUT2D eigenvalue weighted by Gasteiger charge is 2.69. The maximum absolute atomic E-state index is 14.0. The molecule has 1 saturated heterocycles. The van der Waals surface area contributed by atoms with E-state index in [9.17, 15) is 18.0 Å². The lowest BCUT2D eigenvalue weighted by atomic mass is 10.0. The standard InChI is InChI=1S/C24H19ClN2O4S/c1-16-7-6-9-18(13-16)27-22(28)15-32(30,31)24(27)19-10-3-5-12-21(19)26(23(24)29)14-17-8-2-4-11-20(17)25/h2-13H,14-15H2,1H3/t24-/m1/s1. The number of rotatable bonds is 3. The number of anilines is 2. The molecule has 2 aliphatic rings. The van der Waals surface area contributed by atoms with Gasteiger partial charge in [0.2, 0.25) is 5.91 Å². The number of halogens is 1. The normalized spacial score (nSPS) is 21.4. The first-order chi connectivity index (χ1) is 15.3. The third kappa shape index (κ3) is 2.74. The van der Waals surface area contributed by atoms with E-state index in [4.69, 9.17) is 11.6 Å². The van der Waals surface area contributed by atoms with Crippen molar-refractivity contribution in [1.29, 1.82) is 0 Å². The molecule has 3 aromatic rings. The largest absolute Gasteiger partial charge is 0.304 e. The van der Waals surface area contributed by atoms with Gasteiger partial charge in [0.1, 0.15) is 5.75 Å². The molecule has 0 saturated carbocycles. The summed E-state index contributed by atoms with van der Waals surface area (Å²) < 4.78 is 27.1. The van der Waals surface area contributed by atoms with Gasteiger partial charge in [-0.2, -0.15) is 0 Å². The van der Waals surface area contributed by atoms with Crippen LogP contribution in [0, 0.1) is 6.92 Å². The van der Waals surface area contributed by atoms with Crippen molar-refractivity contribution in [3.05, 3.63) is 94.5 Å². The van der Waals surface area contributed by atoms with Crippen molar-refractivity contribution in [1.82, 2.24) is 0 Å². The molecule has 2 amide bonds. The molecule has 2 heterocycles. The van der Waals surface area contributed by atoms with Gasteiger partial charge in [-0.3, -0.25) is 14.5 Å². The number of carbonyl (C=O) groups is 2. The molecule has 1 fully saturated rings. The summed E-state index contributed by atoms with van der Waals surface area (Å²) >= 11 is 6.33. The second-order valence-electron chi connectivity index (χ2n) is 7.97. The van der Waals surface area contributed by atoms with Gasteiger partial charge in [-0.25, -0.2) is 8.42 Å². The molecular weight excluding hydrogens is 448 g/mol. The molecule has 1 atom stereocenters. The van der Waals surface area contributed by atoms with Crippen LogP contribution in [0.25, 0.3) is 0 Å². The third-order valence-corrected chi connectivity index (χ3v) is 8.44. The molecule has 162 valence electrons. The lowest BCUT2D eigenvalue weighted by molar-refractivity contribution is -0.123. The van der Waals surface area contributed by atoms with Crippen LogP contribution < -0.4 is 9.80 Å². The van der Waals surface area contributed by atoms with Crippen LogP contribution in [0.2, 0.25) is 5.02 Å². The maximum atomic E-state index is 14.0. The average molecular weight is 467 g/mol. The number of carbonyl (C=O) groups excluding carboxylic acids is 2. The number of amides is 2. The van der Waals surface area contributed by atoms with Crippen LogP contribution in [-0.4, -0.2) is 26.0 Å². The number of nitrogens with zero attached hydrogens (tertiary/aromatic N) is 2. The summed E-state index contributed by atoms with van der Waals surface area (Å²) in [5.41, 5.74) is 2.64. The molecule has 1 spiro atoms. The minimum Gasteiger partial charge on any atom is -0.304 e. The van der Waals surface area contributed by atoms with E-state index in [1.807, 2.05) is 13.0 Å². The summed E-state index contributed by atoms with van der Waals surface area (Å²) in [5, 5.41) is 0.472. The third-order valence-electron chi connectivity index (χ3n) is 5.97. The number of fused-ring (bicyclic) bond motifs is 2. The maximum Gasteiger partial charge on any atom is 0.274 e. The van der Waals surface area contributed by atoms with Crippen LogP contribution in [0.3, 0.4) is 0 Å². The highest BCUT2D eigenvalue weighted by atomic mass is 35.5. The van der Waals surface area contributed by atoms with Crippen molar-refractivity contribution >= 4 is 44.6 Å². The Balaban J connectivity index is 1.76. The van der Waals surface area contributed by atoms with Crippen molar-refractivity contribution < 1.29 is 18.0 Å². The first-order valence-electron chi connectivity index (χ1n) is 10.0. The van der Waals surface area contributed by atoms with E-state index >= 15 is 0 Å². The fraction of sp³-hybridized carbons (Fsp3) is 0.167. The Morgan fingerprint density at radius 1 is 0.969 bits per heavy atom. The number of hydrogen-bond acceptors (Lipinski definition) is 4. The quantitative estimate of drug-likeness (QED) is 0.588. The average Bonchev–Trinajstić information content (AvgIpc) is 3.12. The second-order valence-corrected chi connectivity index (χ2v) is 10.5. The summed E-state index contributed by atoms with van der Waals surface area (Å²) in [5.74, 6) is -2.04. The van der Waals surface area contributed by atoms with E-state index in [1.54, 1.807) is 66.7 Å². The predicted octanol–water partition coefficient (Wildman–Crippen LogP) is 3.81. The molecule has 0 aromatic heterocycles. The highest BCUT2D eigenvalue weighted by Crippen LogP contribution is 2.52. The minimum absolute atomic E-state index is 0.0860. The van der Waals surface area contributed by atoms with Crippen molar-refractivity contribution in [2.45, 2.75) is 18.3 Å². The van der Waals surface area contributed by atoms with E-state index in [0.29, 0.717) is 22.0 Å². The van der Waals surface area contributed by atoms with Gasteiger partial charge in [-0.1, -0.05) is 60.1 Å². The van der Waals surface area contributed by atoms with Crippen LogP contribution in [0.1, 0.15) is 16.7 Å². The van der Waals surface area contributed by atoms with E-state index in [0.717, 1.165) is 10.5 Å². The lowest BCUT2D eigenvalue weighted by Crippen LogP contribution is -2.54. The number of hydrogen-bond donors (Lipinski definition) is 0. The Labute approximate surface area is 190 Å². The van der Waals surface area contributed by atoms with Crippen molar-refractivity contribution in [2.75, 3.05) is 15.6 Å². The van der Waals surface area contributed by atoms with Gasteiger partial charge in [0.15, 0.2) is 9.84 Å². The zero-order chi connectivity index (χ0) is 22.7. The van der Waals surface area contributed by atoms with Gasteiger partial charge in [-0.05, 0) is 42.3 Å². The Morgan fingerprint density at radius 2 is 1.69 bits per heavy atom. The fourth-order valence-corrected chi connectivity index (χ4v) is 6.84. The van der Waals surface area contributed by atoms with Gasteiger partial charge < -0.3 is 4.90 Å². The smallest absolute Gasteiger partial charge is 0.274 e. The molecule has 0 N–H and O–H groups in total. The Bertz CT molecular complexity index is 1390. The van der Waals surface area contributed by atoms with E-state index < -0.39 is 32.3 Å². The van der Waals surface area contributed by atoms with Crippen LogP contribution in [0.15, 0.2) is 72.8 Å². The first kappa shape index (κ1) is 20.7. The monoisotopic (exact) mass is 466 g/mol. The summed E-state index contributed by atoms with van der Waals surface area (Å²) in [6.07, 6.45) is 0. The molecule has 5 rings (SSSR count). The molecule has 0 bridgehead atoms. The summed E-state index contributed by atoms with van der Waals surface area (Å²) in [6.45, 7) is 1.93. The van der Waals surface area contributed by atoms with Crippen molar-refractivity contribution in [2.24, 2.45) is 0 Å². The van der Waals surface area contributed by atoms with Crippen molar-refractivity contribution in [3.63, 3.8) is 0 Å². The fourth-order valence-electron chi connectivity index (χ4n) is 4.61. The summed E-state index contributed by atoms with van der Waals surface area (Å²) in [4.78, 5) is 27.6. The molecule has 8 heteroatoms. The van der Waals surface area contributed by atoms with Gasteiger partial charge in [0.05, 0.1) is 12.2 Å². The number of aryl methyl sites for hydroxylation is 1. The molecule has 0 unspecified atom stereocenters. The van der Waals surface area contributed by atoms with Crippen molar-refractivity contribution in [3.8, 4) is 0 Å². The predicted molar refractivity (Wildman–Crippen MR) is 123 cm³/mol. The highest BCUT2D eigenvalue weighted by molar-refractivity contribution is 7.94. The molecule has 0 radical (unpaired) electrons. The van der Waals surface area contributed by atoms with Gasteiger partial charge >= 0.3 is 0 Å². The number of sulfone groups is 1. The van der Waals surface area contributed by atoms with Gasteiger partial charge in [0.25, 0.3) is 10.8 Å². The summed E-state index contributed by atoms with van der Waals surface area (Å²) in [7, 11) is -4.19. The topological polar surface area (TPSA) is 74.8 Å². The molecule has 0 aliphatic carbocycles. The number of para-hydroxylation sites is 1. The molecular formula is C24H19ClN2O4S. The lowest BCUT2D eigenvalue weighted by Gasteiger charge is -2.32. The molecule has 2 aliphatic heterocycles. The zero-order valence-corrected chi connectivity index (χ0v) is 18.7. The van der Waals surface area contributed by atoms with Gasteiger partial charge in [0, 0.05) is 16.3 Å². The second kappa shape index (κ2) is 7.18. The van der Waals surface area contributed by atoms with Crippen LogP contribution in [-0.2, 0) is 30.8 Å².